The van der Waals surface area contributed by atoms with Gasteiger partial charge in [0.05, 0.1) is 23.9 Å². The van der Waals surface area contributed by atoms with Crippen molar-refractivity contribution >= 4 is 11.7 Å². The Labute approximate surface area is 195 Å². The van der Waals surface area contributed by atoms with Gasteiger partial charge in [-0.3, -0.25) is 14.2 Å². The minimum absolute atomic E-state index is 0.139. The normalized spacial score (nSPS) is 11.6. The molecule has 0 fully saturated rings. The first-order valence-electron chi connectivity index (χ1n) is 10.4. The molecule has 4 aromatic rings. The minimum atomic E-state index is -0.758. The van der Waals surface area contributed by atoms with Crippen molar-refractivity contribution in [3.05, 3.63) is 105 Å². The number of hydrogen-bond acceptors (Lipinski definition) is 8. The van der Waals surface area contributed by atoms with E-state index < -0.39 is 23.1 Å². The number of nitriles is 1. The van der Waals surface area contributed by atoms with Crippen LogP contribution in [-0.2, 0) is 13.5 Å². The standard InChI is InChI=1S/C25H21N5O4/c1-29(22(17-8-4-3-5-9-17)19-11-7-6-10-18(19)13-26)25-28-21(23(32)24(33)30(25)2)20(31)12-16-14-27-34-15-16/h3-11,14-15,22,32H,12H2,1-2H3. The van der Waals surface area contributed by atoms with Gasteiger partial charge in [-0.05, 0) is 17.2 Å². The van der Waals surface area contributed by atoms with E-state index in [1.165, 1.54) is 24.1 Å². The second-order valence-electron chi connectivity index (χ2n) is 7.73. The summed E-state index contributed by atoms with van der Waals surface area (Å²) in [6.07, 6.45) is 2.56. The van der Waals surface area contributed by atoms with Crippen LogP contribution < -0.4 is 10.5 Å². The fourth-order valence-electron chi connectivity index (χ4n) is 3.87. The summed E-state index contributed by atoms with van der Waals surface area (Å²) in [7, 11) is 3.19. The first-order chi connectivity index (χ1) is 16.4. The molecule has 1 unspecified atom stereocenters. The molecule has 0 saturated carbocycles. The molecule has 170 valence electrons. The van der Waals surface area contributed by atoms with Crippen molar-refractivity contribution in [1.82, 2.24) is 14.7 Å². The third-order valence-corrected chi connectivity index (χ3v) is 5.55. The molecule has 2 aromatic heterocycles. The Hall–Kier alpha value is -4.71. The average Bonchev–Trinajstić information content (AvgIpc) is 3.36. The fraction of sp³-hybridized carbons (Fsp3) is 0.160. The number of carbonyl (C=O) groups is 1. The van der Waals surface area contributed by atoms with Crippen LogP contribution in [0.5, 0.6) is 5.75 Å². The summed E-state index contributed by atoms with van der Waals surface area (Å²) in [6.45, 7) is 0. The molecule has 0 saturated heterocycles. The summed E-state index contributed by atoms with van der Waals surface area (Å²) < 4.78 is 5.93. The molecule has 4 rings (SSSR count). The van der Waals surface area contributed by atoms with Crippen LogP contribution in [-0.4, -0.2) is 32.6 Å². The third-order valence-electron chi connectivity index (χ3n) is 5.55. The van der Waals surface area contributed by atoms with Crippen molar-refractivity contribution in [2.45, 2.75) is 12.5 Å². The molecular formula is C25H21N5O4. The maximum absolute atomic E-state index is 12.9. The predicted octanol–water partition coefficient (Wildman–Crippen LogP) is 3.00. The van der Waals surface area contributed by atoms with E-state index in [9.17, 15) is 20.0 Å². The molecule has 0 radical (unpaired) electrons. The molecule has 2 heterocycles. The van der Waals surface area contributed by atoms with Gasteiger partial charge >= 0.3 is 0 Å². The predicted molar refractivity (Wildman–Crippen MR) is 124 cm³/mol. The number of hydrogen-bond donors (Lipinski definition) is 1. The number of anilines is 1. The lowest BCUT2D eigenvalue weighted by molar-refractivity contribution is 0.0984. The summed E-state index contributed by atoms with van der Waals surface area (Å²) in [5.41, 5.74) is 1.42. The van der Waals surface area contributed by atoms with Gasteiger partial charge in [-0.2, -0.15) is 5.26 Å². The quantitative estimate of drug-likeness (QED) is 0.422. The monoisotopic (exact) mass is 455 g/mol. The molecule has 0 spiro atoms. The number of aromatic nitrogens is 3. The van der Waals surface area contributed by atoms with E-state index in [-0.39, 0.29) is 18.1 Å². The highest BCUT2D eigenvalue weighted by Crippen LogP contribution is 2.33. The number of rotatable bonds is 7. The molecule has 1 atom stereocenters. The number of Topliss-reactive ketones (excluding diaryl/α,β-unsaturated/α-hetero) is 1. The maximum atomic E-state index is 12.9. The highest BCUT2D eigenvalue weighted by atomic mass is 16.5. The van der Waals surface area contributed by atoms with E-state index in [0.717, 1.165) is 5.56 Å². The highest BCUT2D eigenvalue weighted by molar-refractivity contribution is 5.98. The van der Waals surface area contributed by atoms with Gasteiger partial charge in [0.15, 0.2) is 11.5 Å². The second kappa shape index (κ2) is 9.42. The van der Waals surface area contributed by atoms with Crippen LogP contribution in [0.4, 0.5) is 5.95 Å². The number of benzene rings is 2. The van der Waals surface area contributed by atoms with Crippen LogP contribution in [0.1, 0.15) is 38.8 Å². The van der Waals surface area contributed by atoms with Crippen molar-refractivity contribution in [1.29, 1.82) is 5.26 Å². The van der Waals surface area contributed by atoms with E-state index in [1.807, 2.05) is 42.5 Å². The fourth-order valence-corrected chi connectivity index (χ4v) is 3.87. The topological polar surface area (TPSA) is 125 Å². The molecule has 0 aliphatic carbocycles. The zero-order chi connectivity index (χ0) is 24.2. The zero-order valence-electron chi connectivity index (χ0n) is 18.5. The summed E-state index contributed by atoms with van der Waals surface area (Å²) in [5.74, 6) is -1.13. The van der Waals surface area contributed by atoms with E-state index in [4.69, 9.17) is 4.52 Å². The molecule has 0 aliphatic heterocycles. The molecule has 0 aliphatic rings. The Bertz CT molecular complexity index is 1420. The van der Waals surface area contributed by atoms with Gasteiger partial charge in [-0.25, -0.2) is 4.98 Å². The van der Waals surface area contributed by atoms with E-state index in [2.05, 4.69) is 16.2 Å². The van der Waals surface area contributed by atoms with E-state index >= 15 is 0 Å². The third kappa shape index (κ3) is 4.17. The smallest absolute Gasteiger partial charge is 0.297 e. The molecule has 9 heteroatoms. The van der Waals surface area contributed by atoms with Gasteiger partial charge in [0.2, 0.25) is 11.7 Å². The largest absolute Gasteiger partial charge is 0.501 e. The van der Waals surface area contributed by atoms with Gasteiger partial charge in [-0.15, -0.1) is 0 Å². The molecule has 0 amide bonds. The summed E-state index contributed by atoms with van der Waals surface area (Å²) in [5, 5.41) is 23.7. The lowest BCUT2D eigenvalue weighted by Gasteiger charge is -2.31. The Morgan fingerprint density at radius 2 is 1.91 bits per heavy atom. The molecular weight excluding hydrogens is 434 g/mol. The molecule has 0 bridgehead atoms. The average molecular weight is 455 g/mol. The summed E-state index contributed by atoms with van der Waals surface area (Å²) >= 11 is 0. The van der Waals surface area contributed by atoms with Crippen molar-refractivity contribution < 1.29 is 14.4 Å². The van der Waals surface area contributed by atoms with Crippen LogP contribution in [0.3, 0.4) is 0 Å². The number of ketones is 1. The van der Waals surface area contributed by atoms with Crippen LogP contribution >= 0.6 is 0 Å². The van der Waals surface area contributed by atoms with Crippen molar-refractivity contribution in [3.63, 3.8) is 0 Å². The zero-order valence-corrected chi connectivity index (χ0v) is 18.5. The SMILES string of the molecule is CN(c1nc(C(=O)Cc2cnoc2)c(O)c(=O)n1C)C(c1ccccc1)c1ccccc1C#N. The van der Waals surface area contributed by atoms with Gasteiger partial charge in [-0.1, -0.05) is 53.7 Å². The Morgan fingerprint density at radius 3 is 2.59 bits per heavy atom. The molecule has 2 aromatic carbocycles. The lowest BCUT2D eigenvalue weighted by atomic mass is 9.94. The first kappa shape index (κ1) is 22.5. The van der Waals surface area contributed by atoms with Gasteiger partial charge in [0.25, 0.3) is 5.56 Å². The van der Waals surface area contributed by atoms with Crippen LogP contribution in [0, 0.1) is 11.3 Å². The highest BCUT2D eigenvalue weighted by Gasteiger charge is 2.28. The van der Waals surface area contributed by atoms with E-state index in [1.54, 1.807) is 24.1 Å². The number of carbonyl (C=O) groups excluding carboxylic acids is 1. The number of aromatic hydroxyl groups is 1. The van der Waals surface area contributed by atoms with Crippen LogP contribution in [0.15, 0.2) is 76.4 Å². The molecule has 9 nitrogen and oxygen atoms in total. The molecule has 1 N–H and O–H groups in total. The summed E-state index contributed by atoms with van der Waals surface area (Å²) in [4.78, 5) is 31.8. The van der Waals surface area contributed by atoms with Crippen molar-refractivity contribution in [2.24, 2.45) is 7.05 Å². The molecule has 34 heavy (non-hydrogen) atoms. The van der Waals surface area contributed by atoms with Gasteiger partial charge < -0.3 is 14.5 Å². The maximum Gasteiger partial charge on any atom is 0.297 e. The van der Waals surface area contributed by atoms with E-state index in [0.29, 0.717) is 16.7 Å². The lowest BCUT2D eigenvalue weighted by Crippen LogP contribution is -2.34. The number of nitrogens with zero attached hydrogens (tertiary/aromatic N) is 5. The van der Waals surface area contributed by atoms with Crippen molar-refractivity contribution in [2.75, 3.05) is 11.9 Å². The van der Waals surface area contributed by atoms with Crippen LogP contribution in [0.25, 0.3) is 0 Å². The minimum Gasteiger partial charge on any atom is -0.501 e. The Morgan fingerprint density at radius 1 is 1.21 bits per heavy atom. The van der Waals surface area contributed by atoms with Gasteiger partial charge in [0, 0.05) is 26.1 Å². The van der Waals surface area contributed by atoms with Crippen LogP contribution in [0.2, 0.25) is 0 Å². The first-order valence-corrected chi connectivity index (χ1v) is 10.4. The van der Waals surface area contributed by atoms with Crippen molar-refractivity contribution in [3.8, 4) is 11.8 Å². The van der Waals surface area contributed by atoms with Gasteiger partial charge in [0.1, 0.15) is 6.26 Å². The Kier molecular flexibility index (Phi) is 6.23. The second-order valence-corrected chi connectivity index (χ2v) is 7.73. The summed E-state index contributed by atoms with van der Waals surface area (Å²) in [6, 6.07) is 18.3. The Balaban J connectivity index is 1.86.